The number of rotatable bonds is 11. The van der Waals surface area contributed by atoms with Gasteiger partial charge in [0.05, 0.1) is 19.6 Å². The molecule has 0 N–H and O–H groups in total. The summed E-state index contributed by atoms with van der Waals surface area (Å²) >= 11 is 0. The van der Waals surface area contributed by atoms with Gasteiger partial charge in [0.15, 0.2) is 6.29 Å². The van der Waals surface area contributed by atoms with E-state index >= 15 is 0 Å². The number of hydrogen-bond donors (Lipinski definition) is 0. The molecular formula is C20H32O4. The SMILES string of the molecule is CC(C)CCCOC(=O)Cc1ccc(OC(C)OCC(C)C)cc1. The van der Waals surface area contributed by atoms with E-state index in [0.29, 0.717) is 31.5 Å². The Morgan fingerprint density at radius 2 is 1.67 bits per heavy atom. The van der Waals surface area contributed by atoms with E-state index < -0.39 is 0 Å². The lowest BCUT2D eigenvalue weighted by Crippen LogP contribution is -2.19. The van der Waals surface area contributed by atoms with Gasteiger partial charge in [-0.25, -0.2) is 0 Å². The molecule has 136 valence electrons. The highest BCUT2D eigenvalue weighted by atomic mass is 16.7. The van der Waals surface area contributed by atoms with Crippen LogP contribution in [-0.2, 0) is 20.7 Å². The monoisotopic (exact) mass is 336 g/mol. The average molecular weight is 336 g/mol. The molecule has 0 bridgehead atoms. The molecule has 1 atom stereocenters. The van der Waals surface area contributed by atoms with Crippen LogP contribution in [0.25, 0.3) is 0 Å². The summed E-state index contributed by atoms with van der Waals surface area (Å²) in [5.41, 5.74) is 0.923. The van der Waals surface area contributed by atoms with Gasteiger partial charge in [0, 0.05) is 0 Å². The minimum atomic E-state index is -0.288. The van der Waals surface area contributed by atoms with Gasteiger partial charge < -0.3 is 14.2 Å². The molecule has 0 aliphatic heterocycles. The molecule has 0 radical (unpaired) electrons. The molecule has 0 saturated carbocycles. The molecule has 1 unspecified atom stereocenters. The first kappa shape index (κ1) is 20.5. The van der Waals surface area contributed by atoms with Crippen molar-refractivity contribution in [3.05, 3.63) is 29.8 Å². The fourth-order valence-electron chi connectivity index (χ4n) is 2.13. The van der Waals surface area contributed by atoms with Crippen molar-refractivity contribution in [1.82, 2.24) is 0 Å². The summed E-state index contributed by atoms with van der Waals surface area (Å²) in [4.78, 5) is 11.8. The van der Waals surface area contributed by atoms with Gasteiger partial charge in [-0.2, -0.15) is 0 Å². The smallest absolute Gasteiger partial charge is 0.310 e. The van der Waals surface area contributed by atoms with E-state index in [-0.39, 0.29) is 12.3 Å². The normalized spacial score (nSPS) is 12.5. The predicted octanol–water partition coefficient (Wildman–Crippen LogP) is 4.61. The van der Waals surface area contributed by atoms with Crippen LogP contribution in [0.3, 0.4) is 0 Å². The van der Waals surface area contributed by atoms with E-state index in [2.05, 4.69) is 27.7 Å². The summed E-state index contributed by atoms with van der Waals surface area (Å²) in [6.07, 6.45) is 2.01. The summed E-state index contributed by atoms with van der Waals surface area (Å²) in [5.74, 6) is 1.68. The quantitative estimate of drug-likeness (QED) is 0.336. The maximum absolute atomic E-state index is 11.8. The fourth-order valence-corrected chi connectivity index (χ4v) is 2.13. The highest BCUT2D eigenvalue weighted by molar-refractivity contribution is 5.72. The lowest BCUT2D eigenvalue weighted by atomic mass is 10.1. The minimum Gasteiger partial charge on any atom is -0.465 e. The highest BCUT2D eigenvalue weighted by Gasteiger charge is 2.08. The summed E-state index contributed by atoms with van der Waals surface area (Å²) in [6.45, 7) is 11.6. The lowest BCUT2D eigenvalue weighted by molar-refractivity contribution is -0.143. The lowest BCUT2D eigenvalue weighted by Gasteiger charge is -2.16. The summed E-state index contributed by atoms with van der Waals surface area (Å²) in [6, 6.07) is 7.49. The Bertz CT molecular complexity index is 465. The zero-order valence-corrected chi connectivity index (χ0v) is 15.7. The van der Waals surface area contributed by atoms with Gasteiger partial charge in [0.25, 0.3) is 0 Å². The van der Waals surface area contributed by atoms with Crippen molar-refractivity contribution in [2.24, 2.45) is 11.8 Å². The summed E-state index contributed by atoms with van der Waals surface area (Å²) in [7, 11) is 0. The van der Waals surface area contributed by atoms with Gasteiger partial charge in [-0.15, -0.1) is 0 Å². The Hall–Kier alpha value is -1.55. The topological polar surface area (TPSA) is 44.8 Å². The van der Waals surface area contributed by atoms with Crippen molar-refractivity contribution in [3.63, 3.8) is 0 Å². The van der Waals surface area contributed by atoms with Gasteiger partial charge in [-0.3, -0.25) is 4.79 Å². The van der Waals surface area contributed by atoms with Gasteiger partial charge in [0.2, 0.25) is 0 Å². The number of benzene rings is 1. The standard InChI is InChI=1S/C20H32O4/c1-15(2)7-6-12-22-20(21)13-18-8-10-19(11-9-18)24-17(5)23-14-16(3)4/h8-11,15-17H,6-7,12-14H2,1-5H3. The van der Waals surface area contributed by atoms with Crippen molar-refractivity contribution in [2.45, 2.75) is 60.2 Å². The molecule has 0 aliphatic carbocycles. The van der Waals surface area contributed by atoms with Gasteiger partial charge in [-0.05, 0) is 49.3 Å². The summed E-state index contributed by atoms with van der Waals surface area (Å²) in [5, 5.41) is 0. The Balaban J connectivity index is 2.32. The molecule has 0 spiro atoms. The molecule has 24 heavy (non-hydrogen) atoms. The predicted molar refractivity (Wildman–Crippen MR) is 96.1 cm³/mol. The molecule has 0 fully saturated rings. The molecule has 0 heterocycles. The minimum absolute atomic E-state index is 0.180. The second kappa shape index (κ2) is 11.1. The van der Waals surface area contributed by atoms with Crippen LogP contribution in [0.4, 0.5) is 0 Å². The molecule has 4 nitrogen and oxygen atoms in total. The Kier molecular flexibility index (Phi) is 9.46. The number of hydrogen-bond acceptors (Lipinski definition) is 4. The zero-order valence-electron chi connectivity index (χ0n) is 15.7. The van der Waals surface area contributed by atoms with Crippen molar-refractivity contribution >= 4 is 5.97 Å². The Morgan fingerprint density at radius 1 is 1.00 bits per heavy atom. The second-order valence-electron chi connectivity index (χ2n) is 6.99. The van der Waals surface area contributed by atoms with Crippen LogP contribution in [0.5, 0.6) is 5.75 Å². The largest absolute Gasteiger partial charge is 0.465 e. The first-order valence-electron chi connectivity index (χ1n) is 8.89. The first-order chi connectivity index (χ1) is 11.4. The molecule has 0 aliphatic rings. The van der Waals surface area contributed by atoms with Crippen molar-refractivity contribution in [3.8, 4) is 5.75 Å². The van der Waals surface area contributed by atoms with E-state index in [1.54, 1.807) is 0 Å². The Morgan fingerprint density at radius 3 is 2.25 bits per heavy atom. The maximum Gasteiger partial charge on any atom is 0.310 e. The van der Waals surface area contributed by atoms with Crippen LogP contribution in [0.1, 0.15) is 53.0 Å². The molecule has 1 aromatic carbocycles. The highest BCUT2D eigenvalue weighted by Crippen LogP contribution is 2.15. The van der Waals surface area contributed by atoms with Crippen molar-refractivity contribution in [1.29, 1.82) is 0 Å². The van der Waals surface area contributed by atoms with E-state index in [0.717, 1.165) is 24.2 Å². The molecule has 1 rings (SSSR count). The van der Waals surface area contributed by atoms with E-state index in [1.165, 1.54) is 0 Å². The van der Waals surface area contributed by atoms with Crippen LogP contribution in [0, 0.1) is 11.8 Å². The van der Waals surface area contributed by atoms with Crippen LogP contribution >= 0.6 is 0 Å². The van der Waals surface area contributed by atoms with Crippen LogP contribution in [-0.4, -0.2) is 25.5 Å². The fraction of sp³-hybridized carbons (Fsp3) is 0.650. The Labute approximate surface area is 146 Å². The second-order valence-corrected chi connectivity index (χ2v) is 6.99. The van der Waals surface area contributed by atoms with Crippen LogP contribution in [0.2, 0.25) is 0 Å². The molecule has 0 saturated heterocycles. The van der Waals surface area contributed by atoms with Crippen LogP contribution < -0.4 is 4.74 Å². The van der Waals surface area contributed by atoms with Gasteiger partial charge in [-0.1, -0.05) is 39.8 Å². The summed E-state index contributed by atoms with van der Waals surface area (Å²) < 4.78 is 16.5. The third-order valence-electron chi connectivity index (χ3n) is 3.43. The molecular weight excluding hydrogens is 304 g/mol. The number of esters is 1. The first-order valence-corrected chi connectivity index (χ1v) is 8.89. The molecule has 4 heteroatoms. The van der Waals surface area contributed by atoms with E-state index in [1.807, 2.05) is 31.2 Å². The van der Waals surface area contributed by atoms with Crippen molar-refractivity contribution < 1.29 is 19.0 Å². The molecule has 0 amide bonds. The third kappa shape index (κ3) is 9.56. The molecule has 0 aromatic heterocycles. The van der Waals surface area contributed by atoms with Gasteiger partial charge in [0.1, 0.15) is 5.75 Å². The maximum atomic E-state index is 11.8. The van der Waals surface area contributed by atoms with Crippen molar-refractivity contribution in [2.75, 3.05) is 13.2 Å². The third-order valence-corrected chi connectivity index (χ3v) is 3.43. The van der Waals surface area contributed by atoms with Gasteiger partial charge >= 0.3 is 5.97 Å². The zero-order chi connectivity index (χ0) is 17.9. The van der Waals surface area contributed by atoms with E-state index in [4.69, 9.17) is 14.2 Å². The number of ether oxygens (including phenoxy) is 3. The van der Waals surface area contributed by atoms with E-state index in [9.17, 15) is 4.79 Å². The average Bonchev–Trinajstić information content (AvgIpc) is 2.51. The van der Waals surface area contributed by atoms with Crippen LogP contribution in [0.15, 0.2) is 24.3 Å². The molecule has 1 aromatic rings. The number of carbonyl (C=O) groups excluding carboxylic acids is 1. The number of carbonyl (C=O) groups is 1.